The second-order valence-electron chi connectivity index (χ2n) is 3.71. The Bertz CT molecular complexity index is 318. The molecule has 0 spiro atoms. The minimum absolute atomic E-state index is 0.121. The average molecular weight is 231 g/mol. The first kappa shape index (κ1) is 11.9. The fourth-order valence-electron chi connectivity index (χ4n) is 1.55. The zero-order chi connectivity index (χ0) is 10.7. The van der Waals surface area contributed by atoms with Gasteiger partial charge < -0.3 is 0 Å². The summed E-state index contributed by atoms with van der Waals surface area (Å²) in [7, 11) is 0. The van der Waals surface area contributed by atoms with Crippen LogP contribution in [0, 0.1) is 13.8 Å². The van der Waals surface area contributed by atoms with Gasteiger partial charge in [0.15, 0.2) is 0 Å². The molecule has 1 unspecified atom stereocenters. The first-order valence-electron chi connectivity index (χ1n) is 4.97. The summed E-state index contributed by atoms with van der Waals surface area (Å²) in [6.45, 7) is 6.22. The van der Waals surface area contributed by atoms with Gasteiger partial charge in [-0.3, -0.25) is 0 Å². The molecule has 0 aromatic heterocycles. The Kier molecular flexibility index (Phi) is 4.28. The van der Waals surface area contributed by atoms with Crippen molar-refractivity contribution in [2.75, 3.05) is 0 Å². The summed E-state index contributed by atoms with van der Waals surface area (Å²) in [4.78, 5) is 0. The molecule has 14 heavy (non-hydrogen) atoms. The molecule has 0 radical (unpaired) electrons. The third-order valence-corrected chi connectivity index (χ3v) is 3.29. The van der Waals surface area contributed by atoms with Gasteiger partial charge in [-0.05, 0) is 43.0 Å². The van der Waals surface area contributed by atoms with Crippen LogP contribution in [-0.2, 0) is 0 Å². The smallest absolute Gasteiger partial charge is 0.0587 e. The Morgan fingerprint density at radius 1 is 1.21 bits per heavy atom. The molecule has 0 heterocycles. The van der Waals surface area contributed by atoms with E-state index >= 15 is 0 Å². The highest BCUT2D eigenvalue weighted by Gasteiger charge is 2.11. The normalized spacial score (nSPS) is 12.9. The van der Waals surface area contributed by atoms with E-state index < -0.39 is 0 Å². The van der Waals surface area contributed by atoms with E-state index in [9.17, 15) is 0 Å². The lowest BCUT2D eigenvalue weighted by Gasteiger charge is -2.13. The molecule has 0 amide bonds. The van der Waals surface area contributed by atoms with Crippen LogP contribution in [0.25, 0.3) is 0 Å². The van der Waals surface area contributed by atoms with Gasteiger partial charge in [0.1, 0.15) is 0 Å². The summed E-state index contributed by atoms with van der Waals surface area (Å²) in [5, 5.41) is 0.947. The van der Waals surface area contributed by atoms with Crippen LogP contribution in [0.2, 0.25) is 5.02 Å². The summed E-state index contributed by atoms with van der Waals surface area (Å²) in [6.07, 6.45) is 2.12. The third-order valence-electron chi connectivity index (χ3n) is 2.43. The van der Waals surface area contributed by atoms with E-state index in [1.807, 2.05) is 13.0 Å². The molecule has 78 valence electrons. The van der Waals surface area contributed by atoms with Gasteiger partial charge in [0.05, 0.1) is 5.38 Å². The molecule has 1 rings (SSSR count). The predicted octanol–water partition coefficient (Wildman–Crippen LogP) is 5.04. The highest BCUT2D eigenvalue weighted by Crippen LogP contribution is 2.31. The van der Waals surface area contributed by atoms with Gasteiger partial charge >= 0.3 is 0 Å². The molecule has 0 aliphatic rings. The Hall–Kier alpha value is -0.200. The van der Waals surface area contributed by atoms with Crippen LogP contribution in [0.15, 0.2) is 12.1 Å². The topological polar surface area (TPSA) is 0 Å². The van der Waals surface area contributed by atoms with Crippen molar-refractivity contribution in [2.24, 2.45) is 0 Å². The monoisotopic (exact) mass is 230 g/mol. The first-order valence-corrected chi connectivity index (χ1v) is 5.78. The Labute approximate surface area is 96.2 Å². The number of rotatable bonds is 3. The second kappa shape index (κ2) is 5.04. The zero-order valence-corrected chi connectivity index (χ0v) is 10.4. The fraction of sp³-hybridized carbons (Fsp3) is 0.500. The van der Waals surface area contributed by atoms with Crippen molar-refractivity contribution in [2.45, 2.75) is 39.0 Å². The van der Waals surface area contributed by atoms with Crippen molar-refractivity contribution in [3.8, 4) is 0 Å². The van der Waals surface area contributed by atoms with Crippen molar-refractivity contribution < 1.29 is 0 Å². The Morgan fingerprint density at radius 2 is 1.86 bits per heavy atom. The van der Waals surface area contributed by atoms with Crippen LogP contribution < -0.4 is 0 Å². The molecular formula is C12H16Cl2. The molecule has 0 saturated heterocycles. The van der Waals surface area contributed by atoms with Gasteiger partial charge in [-0.1, -0.05) is 31.0 Å². The molecule has 0 N–H and O–H groups in total. The zero-order valence-electron chi connectivity index (χ0n) is 8.90. The number of halogens is 2. The van der Waals surface area contributed by atoms with Crippen LogP contribution >= 0.6 is 23.2 Å². The summed E-state index contributed by atoms with van der Waals surface area (Å²) < 4.78 is 0. The van der Waals surface area contributed by atoms with Gasteiger partial charge in [-0.15, -0.1) is 11.6 Å². The van der Waals surface area contributed by atoms with Gasteiger partial charge in [-0.2, -0.15) is 0 Å². The van der Waals surface area contributed by atoms with Crippen LogP contribution in [0.3, 0.4) is 0 Å². The maximum Gasteiger partial charge on any atom is 0.0587 e. The largest absolute Gasteiger partial charge is 0.118 e. The van der Waals surface area contributed by atoms with Crippen LogP contribution in [0.5, 0.6) is 0 Å². The lowest BCUT2D eigenvalue weighted by atomic mass is 10.0. The van der Waals surface area contributed by atoms with Gasteiger partial charge in [-0.25, -0.2) is 0 Å². The Morgan fingerprint density at radius 3 is 2.43 bits per heavy atom. The van der Waals surface area contributed by atoms with Crippen molar-refractivity contribution >= 4 is 23.2 Å². The minimum atomic E-state index is 0.121. The van der Waals surface area contributed by atoms with E-state index in [0.29, 0.717) is 0 Å². The molecule has 0 fully saturated rings. The molecule has 0 nitrogen and oxygen atoms in total. The molecular weight excluding hydrogens is 215 g/mol. The van der Waals surface area contributed by atoms with Crippen LogP contribution in [0.1, 0.15) is 41.8 Å². The lowest BCUT2D eigenvalue weighted by molar-refractivity contribution is 0.766. The van der Waals surface area contributed by atoms with Crippen molar-refractivity contribution in [1.29, 1.82) is 0 Å². The van der Waals surface area contributed by atoms with Crippen LogP contribution in [0.4, 0.5) is 0 Å². The summed E-state index contributed by atoms with van der Waals surface area (Å²) in [5.74, 6) is 0. The third kappa shape index (κ3) is 2.65. The molecule has 1 atom stereocenters. The number of hydrogen-bond acceptors (Lipinski definition) is 0. The number of benzene rings is 1. The standard InChI is InChI=1S/C12H16Cl2/c1-4-5-11(13)10-6-9(3)12(14)7-8(10)2/h6-7,11H,4-5H2,1-3H3. The van der Waals surface area contributed by atoms with Crippen LogP contribution in [-0.4, -0.2) is 0 Å². The highest BCUT2D eigenvalue weighted by molar-refractivity contribution is 6.31. The first-order chi connectivity index (χ1) is 6.56. The molecule has 0 aliphatic heterocycles. The lowest BCUT2D eigenvalue weighted by Crippen LogP contribution is -1.95. The fourth-order valence-corrected chi connectivity index (χ4v) is 2.22. The van der Waals surface area contributed by atoms with Crippen molar-refractivity contribution in [3.63, 3.8) is 0 Å². The van der Waals surface area contributed by atoms with Gasteiger partial charge in [0, 0.05) is 5.02 Å². The summed E-state index contributed by atoms with van der Waals surface area (Å²) in [6, 6.07) is 4.10. The minimum Gasteiger partial charge on any atom is -0.118 e. The average Bonchev–Trinajstić information content (AvgIpc) is 2.11. The van der Waals surface area contributed by atoms with Gasteiger partial charge in [0.25, 0.3) is 0 Å². The summed E-state index contributed by atoms with van der Waals surface area (Å²) in [5.41, 5.74) is 3.51. The maximum absolute atomic E-state index is 6.29. The second-order valence-corrected chi connectivity index (χ2v) is 4.65. The predicted molar refractivity (Wildman–Crippen MR) is 64.4 cm³/mol. The molecule has 2 heteroatoms. The highest BCUT2D eigenvalue weighted by atomic mass is 35.5. The van der Waals surface area contributed by atoms with E-state index in [1.165, 1.54) is 11.1 Å². The SMILES string of the molecule is CCCC(Cl)c1cc(C)c(Cl)cc1C. The summed E-state index contributed by atoms with van der Waals surface area (Å²) >= 11 is 12.3. The van der Waals surface area contributed by atoms with E-state index in [4.69, 9.17) is 23.2 Å². The van der Waals surface area contributed by atoms with E-state index in [2.05, 4.69) is 19.9 Å². The van der Waals surface area contributed by atoms with E-state index in [-0.39, 0.29) is 5.38 Å². The number of alkyl halides is 1. The molecule has 0 saturated carbocycles. The quantitative estimate of drug-likeness (QED) is 0.639. The van der Waals surface area contributed by atoms with E-state index in [1.54, 1.807) is 0 Å². The number of hydrogen-bond donors (Lipinski definition) is 0. The molecule has 1 aromatic carbocycles. The van der Waals surface area contributed by atoms with Crippen molar-refractivity contribution in [1.82, 2.24) is 0 Å². The van der Waals surface area contributed by atoms with Gasteiger partial charge in [0.2, 0.25) is 0 Å². The number of aryl methyl sites for hydroxylation is 2. The van der Waals surface area contributed by atoms with Crippen molar-refractivity contribution in [3.05, 3.63) is 33.8 Å². The van der Waals surface area contributed by atoms with E-state index in [0.717, 1.165) is 23.4 Å². The Balaban J connectivity index is 3.02. The molecule has 1 aromatic rings. The maximum atomic E-state index is 6.29. The molecule has 0 aliphatic carbocycles. The molecule has 0 bridgehead atoms.